The summed E-state index contributed by atoms with van der Waals surface area (Å²) < 4.78 is 0. The van der Waals surface area contributed by atoms with Crippen LogP contribution in [0.15, 0.2) is 53.5 Å². The lowest BCUT2D eigenvalue weighted by Crippen LogP contribution is -2.29. The highest BCUT2D eigenvalue weighted by molar-refractivity contribution is 5.95. The predicted molar refractivity (Wildman–Crippen MR) is 103 cm³/mol. The number of amides is 2. The largest absolute Gasteiger partial charge is 0.481 e. The van der Waals surface area contributed by atoms with Crippen LogP contribution in [-0.2, 0) is 11.2 Å². The molecule has 0 saturated carbocycles. The molecule has 0 radical (unpaired) electrons. The Labute approximate surface area is 156 Å². The molecular weight excluding hydrogens is 346 g/mol. The fourth-order valence-corrected chi connectivity index (χ4v) is 3.09. The molecule has 2 amide bonds. The van der Waals surface area contributed by atoms with E-state index in [4.69, 9.17) is 16.6 Å². The second-order valence-corrected chi connectivity index (χ2v) is 6.26. The second-order valence-electron chi connectivity index (χ2n) is 6.26. The first-order chi connectivity index (χ1) is 12.9. The first kappa shape index (κ1) is 18.2. The van der Waals surface area contributed by atoms with Gasteiger partial charge in [-0.15, -0.1) is 0 Å². The van der Waals surface area contributed by atoms with Gasteiger partial charge >= 0.3 is 12.0 Å². The minimum absolute atomic E-state index is 0.0495. The molecule has 1 fully saturated rings. The van der Waals surface area contributed by atoms with Crippen molar-refractivity contribution in [2.24, 2.45) is 16.5 Å². The highest BCUT2D eigenvalue weighted by Gasteiger charge is 2.33. The van der Waals surface area contributed by atoms with E-state index in [0.29, 0.717) is 24.3 Å². The zero-order valence-corrected chi connectivity index (χ0v) is 14.6. The van der Waals surface area contributed by atoms with Crippen molar-refractivity contribution >= 4 is 29.3 Å². The molecule has 1 atom stereocenters. The number of nitrogens with two attached hydrogens (primary N) is 2. The number of carboxylic acids is 1. The first-order valence-electron chi connectivity index (χ1n) is 8.51. The normalized spacial score (nSPS) is 16.1. The minimum atomic E-state index is -0.823. The monoisotopic (exact) mass is 367 g/mol. The minimum Gasteiger partial charge on any atom is -0.481 e. The van der Waals surface area contributed by atoms with E-state index in [1.807, 2.05) is 30.3 Å². The molecule has 1 saturated heterocycles. The molecule has 1 aliphatic rings. The highest BCUT2D eigenvalue weighted by atomic mass is 16.4. The Hall–Kier alpha value is -3.55. The number of aliphatic imine (C=N–C) groups is 1. The van der Waals surface area contributed by atoms with Gasteiger partial charge in [0.25, 0.3) is 0 Å². The zero-order chi connectivity index (χ0) is 19.4. The van der Waals surface area contributed by atoms with Crippen LogP contribution < -0.4 is 21.7 Å². The highest BCUT2D eigenvalue weighted by Crippen LogP contribution is 2.32. The summed E-state index contributed by atoms with van der Waals surface area (Å²) in [7, 11) is 0. The van der Waals surface area contributed by atoms with Crippen LogP contribution in [0.5, 0.6) is 0 Å². The fraction of sp³-hybridized carbons (Fsp3) is 0.211. The van der Waals surface area contributed by atoms with Crippen LogP contribution in [0, 0.1) is 0 Å². The number of rotatable bonds is 6. The number of aryl methyl sites for hydroxylation is 1. The fourth-order valence-electron chi connectivity index (χ4n) is 3.09. The van der Waals surface area contributed by atoms with Gasteiger partial charge in [-0.25, -0.2) is 9.79 Å². The van der Waals surface area contributed by atoms with Crippen molar-refractivity contribution in [2.75, 3.05) is 11.4 Å². The Morgan fingerprint density at radius 2 is 1.96 bits per heavy atom. The van der Waals surface area contributed by atoms with Crippen LogP contribution in [0.25, 0.3) is 0 Å². The summed E-state index contributed by atoms with van der Waals surface area (Å²) in [5, 5.41) is 11.6. The van der Waals surface area contributed by atoms with Gasteiger partial charge in [0, 0.05) is 18.7 Å². The molecule has 6 N–H and O–H groups in total. The smallest absolute Gasteiger partial charge is 0.322 e. The average Bonchev–Trinajstić information content (AvgIpc) is 3.01. The van der Waals surface area contributed by atoms with Crippen LogP contribution in [0.3, 0.4) is 0 Å². The molecule has 0 bridgehead atoms. The number of carboxylic acid groups (broad SMARTS) is 1. The van der Waals surface area contributed by atoms with E-state index in [9.17, 15) is 9.59 Å². The SMILES string of the molecule is NC(N)=Nc1cccc(N2C(=O)NCC2c2ccc(CCC(=O)O)cc2)c1. The Morgan fingerprint density at radius 3 is 2.63 bits per heavy atom. The van der Waals surface area contributed by atoms with Crippen molar-refractivity contribution in [1.82, 2.24) is 5.32 Å². The summed E-state index contributed by atoms with van der Waals surface area (Å²) >= 11 is 0. The summed E-state index contributed by atoms with van der Waals surface area (Å²) in [5.74, 6) is -0.872. The molecule has 27 heavy (non-hydrogen) atoms. The van der Waals surface area contributed by atoms with Gasteiger partial charge in [-0.2, -0.15) is 0 Å². The van der Waals surface area contributed by atoms with Crippen molar-refractivity contribution in [2.45, 2.75) is 18.9 Å². The van der Waals surface area contributed by atoms with Crippen molar-refractivity contribution < 1.29 is 14.7 Å². The molecule has 1 heterocycles. The Balaban J connectivity index is 1.84. The third kappa shape index (κ3) is 4.35. The number of benzene rings is 2. The number of aliphatic carboxylic acids is 1. The Kier molecular flexibility index (Phi) is 5.25. The van der Waals surface area contributed by atoms with E-state index in [0.717, 1.165) is 11.1 Å². The lowest BCUT2D eigenvalue weighted by molar-refractivity contribution is -0.136. The van der Waals surface area contributed by atoms with Crippen LogP contribution >= 0.6 is 0 Å². The number of anilines is 1. The van der Waals surface area contributed by atoms with Crippen molar-refractivity contribution in [3.63, 3.8) is 0 Å². The summed E-state index contributed by atoms with van der Waals surface area (Å²) in [6.07, 6.45) is 0.564. The van der Waals surface area contributed by atoms with Gasteiger partial charge in [0.2, 0.25) is 0 Å². The zero-order valence-electron chi connectivity index (χ0n) is 14.6. The molecule has 0 aromatic heterocycles. The van der Waals surface area contributed by atoms with Gasteiger partial charge in [-0.3, -0.25) is 9.69 Å². The molecule has 8 heteroatoms. The lowest BCUT2D eigenvalue weighted by atomic mass is 10.0. The average molecular weight is 367 g/mol. The Morgan fingerprint density at radius 1 is 1.22 bits per heavy atom. The second kappa shape index (κ2) is 7.77. The van der Waals surface area contributed by atoms with E-state index < -0.39 is 5.97 Å². The number of carbonyl (C=O) groups excluding carboxylic acids is 1. The lowest BCUT2D eigenvalue weighted by Gasteiger charge is -2.24. The van der Waals surface area contributed by atoms with E-state index in [1.54, 1.807) is 23.1 Å². The van der Waals surface area contributed by atoms with E-state index in [1.165, 1.54) is 0 Å². The van der Waals surface area contributed by atoms with Gasteiger partial charge in [-0.05, 0) is 35.7 Å². The third-order valence-corrected chi connectivity index (χ3v) is 4.34. The molecule has 0 spiro atoms. The molecule has 1 unspecified atom stereocenters. The summed E-state index contributed by atoms with van der Waals surface area (Å²) in [5.41, 5.74) is 14.0. The predicted octanol–water partition coefficient (Wildman–Crippen LogP) is 1.88. The Bertz CT molecular complexity index is 875. The van der Waals surface area contributed by atoms with E-state index >= 15 is 0 Å². The molecule has 2 aromatic rings. The van der Waals surface area contributed by atoms with Crippen LogP contribution in [0.2, 0.25) is 0 Å². The van der Waals surface area contributed by atoms with Crippen LogP contribution in [0.1, 0.15) is 23.6 Å². The molecule has 8 nitrogen and oxygen atoms in total. The van der Waals surface area contributed by atoms with Crippen molar-refractivity contribution in [1.29, 1.82) is 0 Å². The quantitative estimate of drug-likeness (QED) is 0.457. The molecular formula is C19H21N5O3. The topological polar surface area (TPSA) is 134 Å². The van der Waals surface area contributed by atoms with Crippen LogP contribution in [0.4, 0.5) is 16.2 Å². The van der Waals surface area contributed by atoms with Crippen molar-refractivity contribution in [3.05, 3.63) is 59.7 Å². The van der Waals surface area contributed by atoms with Gasteiger partial charge in [-0.1, -0.05) is 30.3 Å². The number of nitrogens with zero attached hydrogens (tertiary/aromatic N) is 2. The maximum atomic E-state index is 12.4. The number of guanidine groups is 1. The molecule has 3 rings (SSSR count). The number of hydrogen-bond donors (Lipinski definition) is 4. The molecule has 140 valence electrons. The van der Waals surface area contributed by atoms with Gasteiger partial charge < -0.3 is 21.9 Å². The number of carbonyl (C=O) groups is 2. The van der Waals surface area contributed by atoms with Gasteiger partial charge in [0.15, 0.2) is 5.96 Å². The standard InChI is InChI=1S/C19H21N5O3/c20-18(21)23-14-2-1-3-15(10-14)24-16(11-22-19(24)27)13-7-4-12(5-8-13)6-9-17(25)26/h1-5,7-8,10,16H,6,9,11H2,(H,22,27)(H,25,26)(H4,20,21,23). The van der Waals surface area contributed by atoms with E-state index in [-0.39, 0.29) is 24.5 Å². The first-order valence-corrected chi connectivity index (χ1v) is 8.51. The number of nitrogens with one attached hydrogen (secondary N) is 1. The maximum absolute atomic E-state index is 12.4. The third-order valence-electron chi connectivity index (χ3n) is 4.34. The van der Waals surface area contributed by atoms with Crippen molar-refractivity contribution in [3.8, 4) is 0 Å². The summed E-state index contributed by atoms with van der Waals surface area (Å²) in [6, 6.07) is 14.4. The summed E-state index contributed by atoms with van der Waals surface area (Å²) in [4.78, 5) is 28.8. The summed E-state index contributed by atoms with van der Waals surface area (Å²) in [6.45, 7) is 0.472. The number of urea groups is 1. The van der Waals surface area contributed by atoms with Crippen LogP contribution in [-0.4, -0.2) is 29.6 Å². The molecule has 1 aliphatic heterocycles. The van der Waals surface area contributed by atoms with Gasteiger partial charge in [0.05, 0.1) is 11.7 Å². The van der Waals surface area contributed by atoms with E-state index in [2.05, 4.69) is 10.3 Å². The number of hydrogen-bond acceptors (Lipinski definition) is 3. The molecule has 0 aliphatic carbocycles. The maximum Gasteiger partial charge on any atom is 0.322 e. The van der Waals surface area contributed by atoms with Gasteiger partial charge in [0.1, 0.15) is 0 Å². The molecule has 2 aromatic carbocycles.